The standard InChI is InChI=1S/C20H16ClN3O3S/c21-15-6-1-4-13(10-15)19(26)24-20(28)23-16-7-2-5-14(11-16)18(25)22-12-17-8-3-9-27-17/h1-11H,12H2,(H,22,25)(H2,23,24,26,28). The minimum atomic E-state index is -0.382. The van der Waals surface area contributed by atoms with Crippen LogP contribution in [0.2, 0.25) is 5.02 Å². The molecule has 0 atom stereocenters. The Morgan fingerprint density at radius 3 is 2.43 bits per heavy atom. The average molecular weight is 414 g/mol. The molecule has 3 rings (SSSR count). The van der Waals surface area contributed by atoms with Crippen LogP contribution in [0.15, 0.2) is 71.3 Å². The monoisotopic (exact) mass is 413 g/mol. The summed E-state index contributed by atoms with van der Waals surface area (Å²) >= 11 is 11.1. The summed E-state index contributed by atoms with van der Waals surface area (Å²) in [5.41, 5.74) is 1.41. The molecule has 0 spiro atoms. The molecule has 0 aliphatic heterocycles. The molecule has 3 aromatic rings. The second-order valence-corrected chi connectivity index (χ2v) is 6.61. The van der Waals surface area contributed by atoms with Gasteiger partial charge in [0.25, 0.3) is 11.8 Å². The van der Waals surface area contributed by atoms with Gasteiger partial charge in [-0.2, -0.15) is 0 Å². The van der Waals surface area contributed by atoms with Crippen LogP contribution in [0, 0.1) is 0 Å². The smallest absolute Gasteiger partial charge is 0.257 e. The molecule has 0 fully saturated rings. The molecule has 0 bridgehead atoms. The first-order chi connectivity index (χ1) is 13.5. The summed E-state index contributed by atoms with van der Waals surface area (Å²) in [6.07, 6.45) is 1.55. The lowest BCUT2D eigenvalue weighted by Gasteiger charge is -2.11. The normalized spacial score (nSPS) is 10.2. The van der Waals surface area contributed by atoms with Crippen molar-refractivity contribution < 1.29 is 14.0 Å². The van der Waals surface area contributed by atoms with Crippen molar-refractivity contribution in [1.82, 2.24) is 10.6 Å². The van der Waals surface area contributed by atoms with E-state index in [9.17, 15) is 9.59 Å². The van der Waals surface area contributed by atoms with Crippen molar-refractivity contribution in [2.75, 3.05) is 5.32 Å². The molecule has 0 radical (unpaired) electrons. The van der Waals surface area contributed by atoms with Crippen molar-refractivity contribution in [3.05, 3.63) is 88.8 Å². The summed E-state index contributed by atoms with van der Waals surface area (Å²) in [4.78, 5) is 24.5. The number of benzene rings is 2. The number of halogens is 1. The molecule has 6 nitrogen and oxygen atoms in total. The van der Waals surface area contributed by atoms with Gasteiger partial charge >= 0.3 is 0 Å². The van der Waals surface area contributed by atoms with E-state index in [-0.39, 0.29) is 23.5 Å². The molecular weight excluding hydrogens is 398 g/mol. The van der Waals surface area contributed by atoms with E-state index in [1.165, 1.54) is 0 Å². The van der Waals surface area contributed by atoms with Gasteiger partial charge in [0.05, 0.1) is 12.8 Å². The molecule has 0 aliphatic rings. The highest BCUT2D eigenvalue weighted by Crippen LogP contribution is 2.12. The van der Waals surface area contributed by atoms with Gasteiger partial charge in [0.1, 0.15) is 5.76 Å². The molecule has 1 aromatic heterocycles. The van der Waals surface area contributed by atoms with Gasteiger partial charge < -0.3 is 15.1 Å². The highest BCUT2D eigenvalue weighted by molar-refractivity contribution is 7.80. The first kappa shape index (κ1) is 19.6. The van der Waals surface area contributed by atoms with Crippen molar-refractivity contribution in [3.8, 4) is 0 Å². The van der Waals surface area contributed by atoms with Gasteiger partial charge in [0.15, 0.2) is 5.11 Å². The van der Waals surface area contributed by atoms with Crippen LogP contribution in [0.4, 0.5) is 5.69 Å². The molecule has 142 valence electrons. The topological polar surface area (TPSA) is 83.4 Å². The molecular formula is C20H16ClN3O3S. The van der Waals surface area contributed by atoms with Crippen LogP contribution in [-0.2, 0) is 6.54 Å². The third kappa shape index (κ3) is 5.42. The van der Waals surface area contributed by atoms with E-state index in [1.54, 1.807) is 66.9 Å². The van der Waals surface area contributed by atoms with Gasteiger partial charge in [-0.15, -0.1) is 0 Å². The quantitative estimate of drug-likeness (QED) is 0.551. The van der Waals surface area contributed by atoms with Crippen LogP contribution >= 0.6 is 23.8 Å². The van der Waals surface area contributed by atoms with E-state index >= 15 is 0 Å². The van der Waals surface area contributed by atoms with Crippen molar-refractivity contribution in [2.24, 2.45) is 0 Å². The Hall–Kier alpha value is -3.16. The van der Waals surface area contributed by atoms with E-state index in [1.807, 2.05) is 0 Å². The third-order valence-corrected chi connectivity index (χ3v) is 4.14. The van der Waals surface area contributed by atoms with Crippen LogP contribution in [0.25, 0.3) is 0 Å². The Bertz CT molecular complexity index is 1010. The second kappa shape index (κ2) is 9.16. The summed E-state index contributed by atoms with van der Waals surface area (Å²) in [6.45, 7) is 0.289. The maximum Gasteiger partial charge on any atom is 0.257 e. The van der Waals surface area contributed by atoms with Crippen LogP contribution in [0.5, 0.6) is 0 Å². The predicted molar refractivity (Wildman–Crippen MR) is 111 cm³/mol. The predicted octanol–water partition coefficient (Wildman–Crippen LogP) is 3.99. The molecule has 0 unspecified atom stereocenters. The number of carbonyl (C=O) groups excluding carboxylic acids is 2. The fraction of sp³-hybridized carbons (Fsp3) is 0.0500. The van der Waals surface area contributed by atoms with Gasteiger partial charge in [-0.25, -0.2) is 0 Å². The highest BCUT2D eigenvalue weighted by Gasteiger charge is 2.10. The van der Waals surface area contributed by atoms with Gasteiger partial charge in [-0.3, -0.25) is 14.9 Å². The van der Waals surface area contributed by atoms with E-state index in [0.717, 1.165) is 0 Å². The molecule has 2 aromatic carbocycles. The zero-order valence-corrected chi connectivity index (χ0v) is 16.1. The number of thiocarbonyl (C=S) groups is 1. The highest BCUT2D eigenvalue weighted by atomic mass is 35.5. The van der Waals surface area contributed by atoms with Gasteiger partial charge in [-0.1, -0.05) is 23.7 Å². The molecule has 28 heavy (non-hydrogen) atoms. The summed E-state index contributed by atoms with van der Waals surface area (Å²) in [7, 11) is 0. The van der Waals surface area contributed by atoms with Gasteiger partial charge in [0.2, 0.25) is 0 Å². The van der Waals surface area contributed by atoms with Crippen molar-refractivity contribution in [2.45, 2.75) is 6.54 Å². The number of hydrogen-bond acceptors (Lipinski definition) is 4. The van der Waals surface area contributed by atoms with Gasteiger partial charge in [0, 0.05) is 21.8 Å². The minimum absolute atomic E-state index is 0.109. The molecule has 1 heterocycles. The van der Waals surface area contributed by atoms with Crippen LogP contribution in [0.3, 0.4) is 0 Å². The molecule has 3 N–H and O–H groups in total. The Kier molecular flexibility index (Phi) is 6.41. The summed E-state index contributed by atoms with van der Waals surface area (Å²) < 4.78 is 5.18. The first-order valence-corrected chi connectivity index (χ1v) is 9.08. The minimum Gasteiger partial charge on any atom is -0.467 e. The van der Waals surface area contributed by atoms with Crippen molar-refractivity contribution in [1.29, 1.82) is 0 Å². The summed E-state index contributed by atoms with van der Waals surface area (Å²) in [6, 6.07) is 16.8. The number of carbonyl (C=O) groups is 2. The molecule has 8 heteroatoms. The largest absolute Gasteiger partial charge is 0.467 e. The van der Waals surface area contributed by atoms with Gasteiger partial charge in [-0.05, 0) is 60.7 Å². The first-order valence-electron chi connectivity index (χ1n) is 8.30. The van der Waals surface area contributed by atoms with Crippen LogP contribution < -0.4 is 16.0 Å². The van der Waals surface area contributed by atoms with E-state index in [4.69, 9.17) is 28.2 Å². The Labute approximate surface area is 171 Å². The molecule has 0 saturated carbocycles. The zero-order chi connectivity index (χ0) is 19.9. The third-order valence-electron chi connectivity index (χ3n) is 3.70. The number of anilines is 1. The number of amides is 2. The second-order valence-electron chi connectivity index (χ2n) is 5.76. The summed E-state index contributed by atoms with van der Waals surface area (Å²) in [5, 5.41) is 8.80. The zero-order valence-electron chi connectivity index (χ0n) is 14.6. The van der Waals surface area contributed by atoms with E-state index < -0.39 is 0 Å². The Morgan fingerprint density at radius 2 is 1.71 bits per heavy atom. The van der Waals surface area contributed by atoms with Crippen molar-refractivity contribution in [3.63, 3.8) is 0 Å². The Balaban J connectivity index is 1.58. The van der Waals surface area contributed by atoms with E-state index in [0.29, 0.717) is 27.6 Å². The molecule has 2 amide bonds. The maximum absolute atomic E-state index is 12.3. The van der Waals surface area contributed by atoms with Crippen LogP contribution in [-0.4, -0.2) is 16.9 Å². The number of furan rings is 1. The fourth-order valence-electron chi connectivity index (χ4n) is 2.39. The SMILES string of the molecule is O=C(NCc1ccco1)c1cccc(NC(=S)NC(=O)c2cccc(Cl)c2)c1. The number of hydrogen-bond donors (Lipinski definition) is 3. The maximum atomic E-state index is 12.3. The average Bonchev–Trinajstić information content (AvgIpc) is 3.20. The lowest BCUT2D eigenvalue weighted by atomic mass is 10.2. The molecule has 0 aliphatic carbocycles. The lowest BCUT2D eigenvalue weighted by molar-refractivity contribution is 0.0946. The lowest BCUT2D eigenvalue weighted by Crippen LogP contribution is -2.34. The fourth-order valence-corrected chi connectivity index (χ4v) is 2.79. The Morgan fingerprint density at radius 1 is 0.964 bits per heavy atom. The molecule has 0 saturated heterocycles. The van der Waals surface area contributed by atoms with Crippen LogP contribution in [0.1, 0.15) is 26.5 Å². The number of nitrogens with one attached hydrogen (secondary N) is 3. The summed E-state index contributed by atoms with van der Waals surface area (Å²) in [5.74, 6) is 0.0220. The number of rotatable bonds is 5. The van der Waals surface area contributed by atoms with Crippen molar-refractivity contribution >= 4 is 46.4 Å². The van der Waals surface area contributed by atoms with E-state index in [2.05, 4.69) is 16.0 Å².